The molecule has 2 fully saturated rings. The van der Waals surface area contributed by atoms with Gasteiger partial charge in [-0.25, -0.2) is 0 Å². The van der Waals surface area contributed by atoms with Crippen LogP contribution in [0.3, 0.4) is 0 Å². The minimum absolute atomic E-state index is 0.0996. The van der Waals surface area contributed by atoms with Gasteiger partial charge in [0.1, 0.15) is 5.54 Å². The fraction of sp³-hybridized carbons (Fsp3) is 0.522. The lowest BCUT2D eigenvalue weighted by molar-refractivity contribution is -0.144. The molecule has 6 heteroatoms. The number of nitrogens with zero attached hydrogens (tertiary/aromatic N) is 2. The summed E-state index contributed by atoms with van der Waals surface area (Å²) in [6.07, 6.45) is 5.69. The Balaban J connectivity index is 1.35. The lowest BCUT2D eigenvalue weighted by Crippen LogP contribution is -2.48. The molecule has 0 unspecified atom stereocenters. The first-order valence-electron chi connectivity index (χ1n) is 10.7. The van der Waals surface area contributed by atoms with Gasteiger partial charge in [0.05, 0.1) is 6.07 Å². The van der Waals surface area contributed by atoms with E-state index in [2.05, 4.69) is 28.5 Å². The molecule has 2 amide bonds. The summed E-state index contributed by atoms with van der Waals surface area (Å²) >= 11 is 0. The summed E-state index contributed by atoms with van der Waals surface area (Å²) in [5.41, 5.74) is 2.87. The second kappa shape index (κ2) is 6.91. The lowest BCUT2D eigenvalue weighted by atomic mass is 9.77. The summed E-state index contributed by atoms with van der Waals surface area (Å²) in [5.74, 6) is -0.592. The van der Waals surface area contributed by atoms with Crippen LogP contribution >= 0.6 is 0 Å². The first kappa shape index (κ1) is 18.2. The summed E-state index contributed by atoms with van der Waals surface area (Å²) in [6.45, 7) is 1.29. The highest BCUT2D eigenvalue weighted by molar-refractivity contribution is 5.90. The van der Waals surface area contributed by atoms with Crippen LogP contribution < -0.4 is 5.32 Å². The standard InChI is InChI=1S/C23H26N4O2/c24-14-23(10-11-23)26-21(28)16-6-1-2-7-17(16)22(29)27-12-9-20-18(13-27)15-5-3-4-8-19(15)25-20/h3-5,8,16-17,25H,1-2,6-7,9-13H2,(H,26,28)/t16-,17-/m1/s1. The number of fused-ring (bicyclic) bond motifs is 3. The van der Waals surface area contributed by atoms with Gasteiger partial charge in [0, 0.05) is 53.5 Å². The zero-order valence-electron chi connectivity index (χ0n) is 16.5. The third-order valence-corrected chi connectivity index (χ3v) is 6.94. The molecule has 5 rings (SSSR count). The van der Waals surface area contributed by atoms with E-state index in [9.17, 15) is 14.9 Å². The van der Waals surface area contributed by atoms with Crippen molar-refractivity contribution in [2.75, 3.05) is 6.54 Å². The highest BCUT2D eigenvalue weighted by atomic mass is 16.2. The Morgan fingerprint density at radius 1 is 1.17 bits per heavy atom. The zero-order valence-corrected chi connectivity index (χ0v) is 16.5. The van der Waals surface area contributed by atoms with E-state index in [-0.39, 0.29) is 23.7 Å². The third kappa shape index (κ3) is 3.19. The van der Waals surface area contributed by atoms with E-state index >= 15 is 0 Å². The number of rotatable bonds is 3. The van der Waals surface area contributed by atoms with Crippen LogP contribution in [0.2, 0.25) is 0 Å². The molecular weight excluding hydrogens is 364 g/mol. The van der Waals surface area contributed by atoms with Crippen molar-refractivity contribution in [2.24, 2.45) is 11.8 Å². The molecule has 3 aliphatic rings. The van der Waals surface area contributed by atoms with E-state index in [1.54, 1.807) is 0 Å². The van der Waals surface area contributed by atoms with E-state index in [1.165, 1.54) is 16.6 Å². The summed E-state index contributed by atoms with van der Waals surface area (Å²) in [7, 11) is 0. The number of para-hydroxylation sites is 1. The molecule has 2 atom stereocenters. The van der Waals surface area contributed by atoms with E-state index in [1.807, 2.05) is 17.0 Å². The molecule has 150 valence electrons. The fourth-order valence-corrected chi connectivity index (χ4v) is 5.05. The van der Waals surface area contributed by atoms with Gasteiger partial charge in [0.15, 0.2) is 0 Å². The number of aromatic amines is 1. The molecule has 2 aromatic rings. The average Bonchev–Trinajstić information content (AvgIpc) is 3.44. The van der Waals surface area contributed by atoms with Crippen molar-refractivity contribution in [3.05, 3.63) is 35.5 Å². The van der Waals surface area contributed by atoms with Crippen molar-refractivity contribution in [3.63, 3.8) is 0 Å². The molecule has 2 aliphatic carbocycles. The first-order chi connectivity index (χ1) is 14.1. The Morgan fingerprint density at radius 3 is 2.69 bits per heavy atom. The summed E-state index contributed by atoms with van der Waals surface area (Å²) in [4.78, 5) is 31.8. The summed E-state index contributed by atoms with van der Waals surface area (Å²) < 4.78 is 0. The number of hydrogen-bond acceptors (Lipinski definition) is 3. The van der Waals surface area contributed by atoms with Crippen LogP contribution in [-0.4, -0.2) is 33.8 Å². The second-order valence-electron chi connectivity index (χ2n) is 8.82. The van der Waals surface area contributed by atoms with Crippen molar-refractivity contribution >= 4 is 22.7 Å². The molecule has 29 heavy (non-hydrogen) atoms. The van der Waals surface area contributed by atoms with Crippen LogP contribution in [0.25, 0.3) is 10.9 Å². The smallest absolute Gasteiger partial charge is 0.226 e. The minimum Gasteiger partial charge on any atom is -0.358 e. The molecule has 0 radical (unpaired) electrons. The maximum atomic E-state index is 13.5. The number of amides is 2. The van der Waals surface area contributed by atoms with Crippen LogP contribution in [0.4, 0.5) is 0 Å². The van der Waals surface area contributed by atoms with Gasteiger partial charge >= 0.3 is 0 Å². The van der Waals surface area contributed by atoms with Crippen molar-refractivity contribution in [1.29, 1.82) is 5.26 Å². The van der Waals surface area contributed by atoms with E-state index in [4.69, 9.17) is 0 Å². The van der Waals surface area contributed by atoms with Crippen LogP contribution in [0, 0.1) is 23.2 Å². The zero-order chi connectivity index (χ0) is 20.0. The number of aromatic nitrogens is 1. The van der Waals surface area contributed by atoms with E-state index < -0.39 is 5.54 Å². The van der Waals surface area contributed by atoms with E-state index in [0.29, 0.717) is 13.1 Å². The SMILES string of the molecule is N#CC1(NC(=O)[C@@H]2CCCC[C@H]2C(=O)N2CCc3[nH]c4ccccc4c3C2)CC1. The summed E-state index contributed by atoms with van der Waals surface area (Å²) in [6, 6.07) is 10.5. The number of carbonyl (C=O) groups is 2. The lowest BCUT2D eigenvalue weighted by Gasteiger charge is -2.36. The van der Waals surface area contributed by atoms with Gasteiger partial charge in [-0.15, -0.1) is 0 Å². The molecule has 2 N–H and O–H groups in total. The number of benzene rings is 1. The van der Waals surface area contributed by atoms with Crippen LogP contribution in [0.15, 0.2) is 24.3 Å². The Labute approximate surface area is 170 Å². The Kier molecular flexibility index (Phi) is 4.34. The number of nitriles is 1. The van der Waals surface area contributed by atoms with Gasteiger partial charge in [-0.05, 0) is 31.7 Å². The number of H-pyrrole nitrogens is 1. The number of hydrogen-bond donors (Lipinski definition) is 2. The predicted molar refractivity (Wildman–Crippen MR) is 109 cm³/mol. The van der Waals surface area contributed by atoms with Crippen molar-refractivity contribution in [2.45, 2.75) is 57.0 Å². The van der Waals surface area contributed by atoms with Gasteiger partial charge in [0.25, 0.3) is 0 Å². The Bertz CT molecular complexity index is 1010. The quantitative estimate of drug-likeness (QED) is 0.844. The van der Waals surface area contributed by atoms with Crippen molar-refractivity contribution < 1.29 is 9.59 Å². The van der Waals surface area contributed by atoms with Gasteiger partial charge < -0.3 is 15.2 Å². The molecule has 2 heterocycles. The molecular formula is C23H26N4O2. The number of nitrogens with one attached hydrogen (secondary N) is 2. The van der Waals surface area contributed by atoms with E-state index in [0.717, 1.165) is 50.5 Å². The largest absolute Gasteiger partial charge is 0.358 e. The average molecular weight is 390 g/mol. The molecule has 0 bridgehead atoms. The highest BCUT2D eigenvalue weighted by Gasteiger charge is 2.47. The maximum Gasteiger partial charge on any atom is 0.226 e. The Morgan fingerprint density at radius 2 is 1.93 bits per heavy atom. The Hall–Kier alpha value is -2.81. The van der Waals surface area contributed by atoms with Crippen LogP contribution in [0.5, 0.6) is 0 Å². The second-order valence-corrected chi connectivity index (χ2v) is 8.82. The third-order valence-electron chi connectivity index (χ3n) is 6.94. The molecule has 0 spiro atoms. The molecule has 1 aliphatic heterocycles. The monoisotopic (exact) mass is 390 g/mol. The van der Waals surface area contributed by atoms with Gasteiger partial charge in [-0.2, -0.15) is 5.26 Å². The normalized spacial score (nSPS) is 25.1. The van der Waals surface area contributed by atoms with Gasteiger partial charge in [-0.1, -0.05) is 31.0 Å². The van der Waals surface area contributed by atoms with Crippen LogP contribution in [-0.2, 0) is 22.6 Å². The fourth-order valence-electron chi connectivity index (χ4n) is 5.05. The predicted octanol–water partition coefficient (Wildman–Crippen LogP) is 3.03. The number of carbonyl (C=O) groups excluding carboxylic acids is 2. The van der Waals surface area contributed by atoms with Crippen LogP contribution in [0.1, 0.15) is 49.8 Å². The van der Waals surface area contributed by atoms with Gasteiger partial charge in [-0.3, -0.25) is 9.59 Å². The molecule has 0 saturated heterocycles. The molecule has 1 aromatic carbocycles. The minimum atomic E-state index is -0.674. The maximum absolute atomic E-state index is 13.5. The molecule has 6 nitrogen and oxygen atoms in total. The first-order valence-corrected chi connectivity index (χ1v) is 10.7. The van der Waals surface area contributed by atoms with Gasteiger partial charge in [0.2, 0.25) is 11.8 Å². The summed E-state index contributed by atoms with van der Waals surface area (Å²) in [5, 5.41) is 13.4. The molecule has 2 saturated carbocycles. The highest BCUT2D eigenvalue weighted by Crippen LogP contribution is 2.38. The van der Waals surface area contributed by atoms with Crippen molar-refractivity contribution in [1.82, 2.24) is 15.2 Å². The van der Waals surface area contributed by atoms with Crippen molar-refractivity contribution in [3.8, 4) is 6.07 Å². The topological polar surface area (TPSA) is 89.0 Å². The molecule has 1 aromatic heterocycles.